The van der Waals surface area contributed by atoms with Crippen LogP contribution in [0.4, 0.5) is 0 Å². The second-order valence-electron chi connectivity index (χ2n) is 0.494. The molecule has 0 aliphatic heterocycles. The Morgan fingerprint density at radius 1 is 0.889 bits per heavy atom. The first-order valence-corrected chi connectivity index (χ1v) is 12.2. The molecule has 0 nitrogen and oxygen atoms in total. The number of hydrogen-bond acceptors (Lipinski definition) is 1. The molecule has 0 aliphatic rings. The van der Waals surface area contributed by atoms with Gasteiger partial charge in [0.05, 0.1) is 0 Å². The molecule has 0 atom stereocenters. The van der Waals surface area contributed by atoms with Gasteiger partial charge in [-0.1, -0.05) is 0 Å². The topological polar surface area (TPSA) is 0 Å². The van der Waals surface area contributed by atoms with E-state index in [1.54, 1.807) is 11.8 Å². The van der Waals surface area contributed by atoms with Crippen molar-refractivity contribution in [1.82, 2.24) is 0 Å². The molecule has 70 valence electrons. The SMILES string of the molecule is CSC.[Br][Cu][Br].[Br][Cu][Br]. The van der Waals surface area contributed by atoms with Gasteiger partial charge in [0.2, 0.25) is 0 Å². The maximum atomic E-state index is 2.97. The van der Waals surface area contributed by atoms with E-state index in [1.165, 1.54) is 22.7 Å². The van der Waals surface area contributed by atoms with Gasteiger partial charge in [-0.25, -0.2) is 0 Å². The summed E-state index contributed by atoms with van der Waals surface area (Å²) in [5.74, 6) is 0. The molecule has 7 heteroatoms. The normalized spacial score (nSPS) is 6.89. The predicted octanol–water partition coefficient (Wildman–Crippen LogP) is 4.36. The summed E-state index contributed by atoms with van der Waals surface area (Å²) >= 11 is 16.5. The summed E-state index contributed by atoms with van der Waals surface area (Å²) < 4.78 is 0. The summed E-state index contributed by atoms with van der Waals surface area (Å²) in [5, 5.41) is 0. The Morgan fingerprint density at radius 2 is 0.889 bits per heavy atom. The fraction of sp³-hybridized carbons (Fsp3) is 1.00. The van der Waals surface area contributed by atoms with E-state index in [2.05, 4.69) is 56.4 Å². The molecular formula is C2H6Br4Cu2S. The molecule has 0 aliphatic carbocycles. The van der Waals surface area contributed by atoms with Crippen molar-refractivity contribution in [2.24, 2.45) is 0 Å². The minimum absolute atomic E-state index is 1.44. The van der Waals surface area contributed by atoms with Gasteiger partial charge in [-0.2, -0.15) is 11.8 Å². The fourth-order valence-corrected chi connectivity index (χ4v) is 0. The molecule has 0 aromatic carbocycles. The number of halogens is 4. The molecule has 0 spiro atoms. The minimum atomic E-state index is 1.44. The Hall–Kier alpha value is 3.31. The molecule has 0 aromatic heterocycles. The van der Waals surface area contributed by atoms with E-state index in [-0.39, 0.29) is 0 Å². The summed E-state index contributed by atoms with van der Waals surface area (Å²) in [7, 11) is 0. The molecule has 9 heavy (non-hydrogen) atoms. The Morgan fingerprint density at radius 3 is 0.889 bits per heavy atom. The third-order valence-corrected chi connectivity index (χ3v) is 0. The van der Waals surface area contributed by atoms with Crippen molar-refractivity contribution in [3.8, 4) is 0 Å². The van der Waals surface area contributed by atoms with Crippen molar-refractivity contribution < 1.29 is 22.7 Å². The summed E-state index contributed by atoms with van der Waals surface area (Å²) in [4.78, 5) is 0. The molecule has 0 N–H and O–H groups in total. The number of hydrogen-bond donors (Lipinski definition) is 0. The van der Waals surface area contributed by atoms with Crippen LogP contribution in [0.1, 0.15) is 0 Å². The van der Waals surface area contributed by atoms with E-state index in [1.807, 2.05) is 12.5 Å². The average molecular weight is 509 g/mol. The maximum absolute atomic E-state index is 2.97. The summed E-state index contributed by atoms with van der Waals surface area (Å²) in [6.07, 6.45) is 4.08. The van der Waals surface area contributed by atoms with E-state index in [4.69, 9.17) is 0 Å². The van der Waals surface area contributed by atoms with E-state index in [9.17, 15) is 0 Å². The van der Waals surface area contributed by atoms with Crippen LogP contribution in [0.15, 0.2) is 0 Å². The molecule has 0 saturated carbocycles. The number of rotatable bonds is 0. The van der Waals surface area contributed by atoms with Gasteiger partial charge in [0.25, 0.3) is 0 Å². The van der Waals surface area contributed by atoms with E-state index < -0.39 is 0 Å². The quantitative estimate of drug-likeness (QED) is 0.438. The zero-order valence-electron chi connectivity index (χ0n) is 4.52. The van der Waals surface area contributed by atoms with E-state index in [0.29, 0.717) is 0 Å². The number of thioether (sulfide) groups is 1. The van der Waals surface area contributed by atoms with Crippen LogP contribution >= 0.6 is 68.2 Å². The van der Waals surface area contributed by atoms with Crippen molar-refractivity contribution >= 4 is 68.2 Å². The zero-order chi connectivity index (χ0) is 8.12. The van der Waals surface area contributed by atoms with Crippen molar-refractivity contribution in [1.29, 1.82) is 0 Å². The van der Waals surface area contributed by atoms with Gasteiger partial charge in [-0.3, -0.25) is 0 Å². The standard InChI is InChI=1S/C2H6S.4BrH.2Cu/c1-3-2;;;;;;/h1-2H3;4*1H;;/q;;;;;2*+2/p-4. The van der Waals surface area contributed by atoms with Gasteiger partial charge in [0, 0.05) is 0 Å². The van der Waals surface area contributed by atoms with Crippen LogP contribution in [-0.4, -0.2) is 12.5 Å². The van der Waals surface area contributed by atoms with Gasteiger partial charge < -0.3 is 0 Å². The molecule has 0 aromatic rings. The van der Waals surface area contributed by atoms with Crippen LogP contribution in [0.5, 0.6) is 0 Å². The zero-order valence-corrected chi connectivity index (χ0v) is 13.6. The van der Waals surface area contributed by atoms with Crippen molar-refractivity contribution in [3.63, 3.8) is 0 Å². The van der Waals surface area contributed by atoms with E-state index >= 15 is 0 Å². The van der Waals surface area contributed by atoms with Crippen LogP contribution in [0.25, 0.3) is 0 Å². The second-order valence-corrected chi connectivity index (χ2v) is 10.8. The summed E-state index contributed by atoms with van der Waals surface area (Å²) in [6, 6.07) is 0. The van der Waals surface area contributed by atoms with Crippen LogP contribution < -0.4 is 0 Å². The van der Waals surface area contributed by atoms with Crippen LogP contribution in [0.2, 0.25) is 0 Å². The van der Waals surface area contributed by atoms with Gasteiger partial charge in [0.1, 0.15) is 0 Å². The van der Waals surface area contributed by atoms with Crippen LogP contribution in [0, 0.1) is 0 Å². The van der Waals surface area contributed by atoms with Gasteiger partial charge >= 0.3 is 79.1 Å². The average Bonchev–Trinajstić information content (AvgIpc) is 1.70. The Kier molecular flexibility index (Phi) is 60.9. The Bertz CT molecular complexity index is 21.3. The first kappa shape index (κ1) is 18.2. The molecule has 0 heterocycles. The third kappa shape index (κ3) is 89.5. The molecule has 0 fully saturated rings. The van der Waals surface area contributed by atoms with Crippen LogP contribution in [-0.2, 0) is 22.7 Å². The van der Waals surface area contributed by atoms with Crippen LogP contribution in [0.3, 0.4) is 0 Å². The molecule has 0 bridgehead atoms. The molecular weight excluding hydrogens is 503 g/mol. The molecule has 0 rings (SSSR count). The monoisotopic (exact) mass is 504 g/mol. The first-order chi connectivity index (χ1) is 4.24. The fourth-order valence-electron chi connectivity index (χ4n) is 0. The Balaban J connectivity index is -0.0000000600. The third-order valence-electron chi connectivity index (χ3n) is 0. The molecule has 0 radical (unpaired) electrons. The summed E-state index contributed by atoms with van der Waals surface area (Å²) in [6.45, 7) is 0. The first-order valence-electron chi connectivity index (χ1n) is 1.27. The molecule has 0 amide bonds. The predicted molar refractivity (Wildman–Crippen MR) is 55.1 cm³/mol. The van der Waals surface area contributed by atoms with Crippen molar-refractivity contribution in [2.45, 2.75) is 0 Å². The Labute approximate surface area is 102 Å². The van der Waals surface area contributed by atoms with Crippen molar-refractivity contribution in [2.75, 3.05) is 12.5 Å². The van der Waals surface area contributed by atoms with Gasteiger partial charge in [-0.05, 0) is 12.5 Å². The van der Waals surface area contributed by atoms with Gasteiger partial charge in [0.15, 0.2) is 0 Å². The second kappa shape index (κ2) is 30.2. The van der Waals surface area contributed by atoms with E-state index in [0.717, 1.165) is 0 Å². The van der Waals surface area contributed by atoms with Crippen molar-refractivity contribution in [3.05, 3.63) is 0 Å². The summed E-state index contributed by atoms with van der Waals surface area (Å²) in [5.41, 5.74) is 0. The van der Waals surface area contributed by atoms with Gasteiger partial charge in [-0.15, -0.1) is 0 Å². The molecule has 0 saturated heterocycles. The molecule has 0 unspecified atom stereocenters.